The molecule has 64 heavy (non-hydrogen) atoms. The van der Waals surface area contributed by atoms with Crippen LogP contribution in [0.4, 0.5) is 22.7 Å². The van der Waals surface area contributed by atoms with Gasteiger partial charge in [-0.15, -0.1) is 0 Å². The molecule has 5 heteroatoms. The minimum atomic E-state index is -1.28. The predicted octanol–water partition coefficient (Wildman–Crippen LogP) is 14.4. The summed E-state index contributed by atoms with van der Waals surface area (Å²) in [5.74, 6) is 1.24. The number of allylic oxidation sites excluding steroid dienone is 5. The molecule has 10 rings (SSSR count). The molecule has 1 atom stereocenters. The van der Waals surface area contributed by atoms with Crippen molar-refractivity contribution in [2.45, 2.75) is 222 Å². The average molecular weight is 875 g/mol. The lowest BCUT2D eigenvalue weighted by atomic mass is 9.34. The van der Waals surface area contributed by atoms with E-state index in [9.17, 15) is 0 Å². The molecular formula is C59H83BN2OSi. The Labute approximate surface area is 391 Å². The third-order valence-corrected chi connectivity index (χ3v) is 20.5. The molecule has 2 aromatic carbocycles. The molecule has 0 spiro atoms. The van der Waals surface area contributed by atoms with Crippen LogP contribution in [-0.2, 0) is 21.7 Å². The summed E-state index contributed by atoms with van der Waals surface area (Å²) in [5, 5.41) is 1.64. The van der Waals surface area contributed by atoms with E-state index < -0.39 is 8.80 Å². The van der Waals surface area contributed by atoms with Crippen LogP contribution in [0.5, 0.6) is 0 Å². The minimum absolute atomic E-state index is 0.0130. The molecular weight excluding hydrogens is 792 g/mol. The maximum atomic E-state index is 7.85. The van der Waals surface area contributed by atoms with Crippen LogP contribution in [0.25, 0.3) is 0 Å². The Balaban J connectivity index is 1.33. The van der Waals surface area contributed by atoms with Gasteiger partial charge in [0.15, 0.2) is 0 Å². The van der Waals surface area contributed by atoms with Crippen molar-refractivity contribution in [1.82, 2.24) is 0 Å². The van der Waals surface area contributed by atoms with Crippen molar-refractivity contribution in [1.29, 1.82) is 0 Å². The van der Waals surface area contributed by atoms with E-state index in [1.54, 1.807) is 38.7 Å². The van der Waals surface area contributed by atoms with Crippen LogP contribution in [0.2, 0.25) is 13.1 Å². The van der Waals surface area contributed by atoms with E-state index >= 15 is 0 Å². The Morgan fingerprint density at radius 3 is 1.92 bits per heavy atom. The van der Waals surface area contributed by atoms with E-state index in [1.807, 2.05) is 0 Å². The van der Waals surface area contributed by atoms with Gasteiger partial charge < -0.3 is 14.2 Å². The zero-order chi connectivity index (χ0) is 46.2. The second-order valence-corrected chi connectivity index (χ2v) is 30.4. The van der Waals surface area contributed by atoms with E-state index in [1.165, 1.54) is 94.7 Å². The highest BCUT2D eigenvalue weighted by Gasteiger charge is 2.55. The number of hydrogen-bond donors (Lipinski definition) is 0. The second-order valence-electron chi connectivity index (χ2n) is 27.4. The fraction of sp³-hybridized carbons (Fsp3) is 0.627. The van der Waals surface area contributed by atoms with Gasteiger partial charge in [0.1, 0.15) is 5.76 Å². The van der Waals surface area contributed by atoms with Gasteiger partial charge in [0.05, 0.1) is 20.1 Å². The molecule has 5 aliphatic carbocycles. The number of nitrogens with zero attached hydrogens (tertiary/aromatic N) is 2. The number of benzene rings is 2. The molecule has 0 amide bonds. The molecule has 2 aliphatic heterocycles. The molecule has 0 saturated heterocycles. The summed E-state index contributed by atoms with van der Waals surface area (Å²) < 4.78 is 7.85. The van der Waals surface area contributed by atoms with E-state index in [0.717, 1.165) is 32.1 Å². The standard InChI is InChI=1S/C59H83BN2OSi/c1-35-31-43-48-44(32-35)62(42-24-19-36(53(2,3)4)33-45(42)64(17)18)50-47-51(59(15,16)30-29-58(47,13)14)63-52(50)60(48)41-23-22-39-46(57(11,12)28-27-55(39,7)8)49(41)61(43)37-20-21-38-40(34-37)56(9,10)26-25-54(38,5)6/h22-23,31-33,37,64H,19-21,24-30,34H2,1-18H3. The van der Waals surface area contributed by atoms with Gasteiger partial charge >= 0.3 is 0 Å². The van der Waals surface area contributed by atoms with E-state index in [4.69, 9.17) is 4.42 Å². The number of anilines is 4. The van der Waals surface area contributed by atoms with Crippen molar-refractivity contribution in [3.8, 4) is 0 Å². The largest absolute Gasteiger partial charge is 0.472 e. The molecule has 0 bridgehead atoms. The summed E-state index contributed by atoms with van der Waals surface area (Å²) in [7, 11) is -1.28. The topological polar surface area (TPSA) is 19.6 Å². The van der Waals surface area contributed by atoms with Gasteiger partial charge in [0.2, 0.25) is 0 Å². The molecule has 3 nitrogen and oxygen atoms in total. The first-order valence-electron chi connectivity index (χ1n) is 25.8. The van der Waals surface area contributed by atoms with Gasteiger partial charge in [0.25, 0.3) is 6.71 Å². The van der Waals surface area contributed by atoms with E-state index in [-0.39, 0.29) is 44.6 Å². The minimum Gasteiger partial charge on any atom is -0.472 e. The Morgan fingerprint density at radius 2 is 1.27 bits per heavy atom. The molecule has 1 aromatic heterocycles. The molecule has 0 radical (unpaired) electrons. The summed E-state index contributed by atoms with van der Waals surface area (Å²) in [6.45, 7) is 45.2. The van der Waals surface area contributed by atoms with Crippen molar-refractivity contribution >= 4 is 54.8 Å². The van der Waals surface area contributed by atoms with Crippen LogP contribution in [-0.4, -0.2) is 21.6 Å². The predicted molar refractivity (Wildman–Crippen MR) is 280 cm³/mol. The molecule has 1 unspecified atom stereocenters. The highest BCUT2D eigenvalue weighted by molar-refractivity contribution is 6.99. The summed E-state index contributed by atoms with van der Waals surface area (Å²) in [6, 6.07) is 10.8. The quantitative estimate of drug-likeness (QED) is 0.193. The lowest BCUT2D eigenvalue weighted by molar-refractivity contribution is 0.231. The fourth-order valence-corrected chi connectivity index (χ4v) is 15.9. The molecule has 3 heterocycles. The van der Waals surface area contributed by atoms with Crippen molar-refractivity contribution < 1.29 is 4.42 Å². The molecule has 342 valence electrons. The molecule has 0 fully saturated rings. The number of fused-ring (bicyclic) bond motifs is 8. The Bertz CT molecular complexity index is 2590. The molecule has 0 N–H and O–H groups in total. The summed E-state index contributed by atoms with van der Waals surface area (Å²) >= 11 is 0. The van der Waals surface area contributed by atoms with Gasteiger partial charge in [-0.2, -0.15) is 0 Å². The van der Waals surface area contributed by atoms with Crippen molar-refractivity contribution in [3.63, 3.8) is 0 Å². The number of hydrogen-bond acceptors (Lipinski definition) is 3. The normalized spacial score (nSPS) is 25.6. The van der Waals surface area contributed by atoms with Crippen LogP contribution in [0.1, 0.15) is 202 Å². The highest BCUT2D eigenvalue weighted by atomic mass is 28.3. The highest BCUT2D eigenvalue weighted by Crippen LogP contribution is 2.59. The number of rotatable bonds is 3. The maximum Gasteiger partial charge on any atom is 0.297 e. The molecule has 7 aliphatic rings. The summed E-state index contributed by atoms with van der Waals surface area (Å²) in [4.78, 5) is 5.87. The van der Waals surface area contributed by atoms with Crippen molar-refractivity contribution in [2.75, 3.05) is 9.80 Å². The van der Waals surface area contributed by atoms with Crippen molar-refractivity contribution in [2.24, 2.45) is 16.2 Å². The van der Waals surface area contributed by atoms with Crippen molar-refractivity contribution in [3.05, 3.63) is 86.0 Å². The molecule has 3 aromatic rings. The summed E-state index contributed by atoms with van der Waals surface area (Å²) in [5.41, 5.74) is 23.5. The van der Waals surface area contributed by atoms with Gasteiger partial charge in [-0.3, -0.25) is 0 Å². The van der Waals surface area contributed by atoms with E-state index in [0.29, 0.717) is 6.04 Å². The van der Waals surface area contributed by atoms with Gasteiger partial charge in [-0.1, -0.05) is 152 Å². The first-order valence-corrected chi connectivity index (χ1v) is 28.7. The first kappa shape index (κ1) is 44.6. The van der Waals surface area contributed by atoms with Gasteiger partial charge in [-0.05, 0) is 155 Å². The second kappa shape index (κ2) is 13.9. The monoisotopic (exact) mass is 875 g/mol. The third kappa shape index (κ3) is 6.43. The zero-order valence-corrected chi connectivity index (χ0v) is 44.9. The lowest BCUT2D eigenvalue weighted by Crippen LogP contribution is -2.64. The van der Waals surface area contributed by atoms with E-state index in [2.05, 4.69) is 164 Å². The van der Waals surface area contributed by atoms with Crippen LogP contribution in [0.3, 0.4) is 0 Å². The third-order valence-electron chi connectivity index (χ3n) is 18.7. The fourth-order valence-electron chi connectivity index (χ4n) is 14.4. The number of aryl methyl sites for hydroxylation is 1. The van der Waals surface area contributed by atoms with Gasteiger partial charge in [-0.25, -0.2) is 0 Å². The van der Waals surface area contributed by atoms with Crippen LogP contribution in [0.15, 0.2) is 62.4 Å². The Kier molecular flexibility index (Phi) is 9.73. The van der Waals surface area contributed by atoms with Crippen LogP contribution < -0.4 is 26.4 Å². The summed E-state index contributed by atoms with van der Waals surface area (Å²) in [6.07, 6.45) is 15.7. The first-order chi connectivity index (χ1) is 29.6. The lowest BCUT2D eigenvalue weighted by Gasteiger charge is -2.53. The van der Waals surface area contributed by atoms with Gasteiger partial charge in [0, 0.05) is 39.8 Å². The number of furan rings is 1. The zero-order valence-electron chi connectivity index (χ0n) is 43.7. The van der Waals surface area contributed by atoms with Crippen LogP contribution in [0, 0.1) is 23.2 Å². The SMILES string of the molecule is Cc1cc2c3c(c1)N(C1CCC4=C(C1)C(C)(C)CCC4(C)C)c1c(ccc4c1C(C)(C)CCC4(C)C)B3c1oc3c(c1N2C1=C([SiH](C)C)C=C(C(C)(C)C)CC1)C(C)(C)CCC3(C)C. The Hall–Kier alpha value is -3.18. The smallest absolute Gasteiger partial charge is 0.297 e. The average Bonchev–Trinajstić information content (AvgIpc) is 3.62. The maximum absolute atomic E-state index is 7.85. The Morgan fingerprint density at radius 1 is 0.672 bits per heavy atom. The molecule has 0 saturated carbocycles. The van der Waals surface area contributed by atoms with Crippen LogP contribution >= 0.6 is 0 Å².